The lowest BCUT2D eigenvalue weighted by Crippen LogP contribution is -2.30. The first-order chi connectivity index (χ1) is 16.3. The average molecular weight is 486 g/mol. The van der Waals surface area contributed by atoms with Gasteiger partial charge in [-0.25, -0.2) is 4.79 Å². The predicted molar refractivity (Wildman–Crippen MR) is 128 cm³/mol. The monoisotopic (exact) mass is 485 g/mol. The van der Waals surface area contributed by atoms with Gasteiger partial charge in [-0.1, -0.05) is 31.4 Å². The largest absolute Gasteiger partial charge is 0.462 e. The van der Waals surface area contributed by atoms with Crippen molar-refractivity contribution in [3.63, 3.8) is 0 Å². The minimum absolute atomic E-state index is 0.0120. The molecule has 2 aromatic carbocycles. The molecule has 3 rings (SSSR count). The third kappa shape index (κ3) is 6.44. The summed E-state index contributed by atoms with van der Waals surface area (Å²) in [5.41, 5.74) is 1.36. The maximum Gasteiger partial charge on any atom is 0.338 e. The number of carbonyl (C=O) groups is 4. The second-order valence-corrected chi connectivity index (χ2v) is 8.68. The number of ether oxygens (including phenoxy) is 2. The number of carbonyl (C=O) groups excluding carboxylic acids is 4. The zero-order valence-corrected chi connectivity index (χ0v) is 20.0. The van der Waals surface area contributed by atoms with E-state index in [1.54, 1.807) is 48.5 Å². The lowest BCUT2D eigenvalue weighted by Gasteiger charge is -2.18. The SMILES string of the molecule is CCCCCOC(=O)c1ccc(N2C[C@@H](C(=O)O[C@@H](C)C(=O)c3ccc(Cl)cc3)CC2=O)cc1. The molecule has 7 nitrogen and oxygen atoms in total. The van der Waals surface area contributed by atoms with Crippen molar-refractivity contribution in [1.82, 2.24) is 0 Å². The van der Waals surface area contributed by atoms with Crippen molar-refractivity contribution >= 4 is 40.9 Å². The fourth-order valence-corrected chi connectivity index (χ4v) is 3.79. The Labute approximate surface area is 204 Å². The Hall–Kier alpha value is -3.19. The van der Waals surface area contributed by atoms with E-state index in [0.717, 1.165) is 19.3 Å². The van der Waals surface area contributed by atoms with Gasteiger partial charge in [0.05, 0.1) is 18.1 Å². The number of benzene rings is 2. The molecule has 2 aromatic rings. The predicted octanol–water partition coefficient (Wildman–Crippen LogP) is 4.85. The maximum absolute atomic E-state index is 12.6. The summed E-state index contributed by atoms with van der Waals surface area (Å²) in [4.78, 5) is 51.3. The molecule has 0 radical (unpaired) electrons. The van der Waals surface area contributed by atoms with Crippen LogP contribution in [0.5, 0.6) is 0 Å². The number of nitrogens with zero attached hydrogens (tertiary/aromatic N) is 1. The summed E-state index contributed by atoms with van der Waals surface area (Å²) >= 11 is 5.84. The fraction of sp³-hybridized carbons (Fsp3) is 0.385. The first kappa shape index (κ1) is 25.4. The molecule has 180 valence electrons. The van der Waals surface area contributed by atoms with Gasteiger partial charge in [-0.3, -0.25) is 14.4 Å². The van der Waals surface area contributed by atoms with Crippen LogP contribution in [0.15, 0.2) is 48.5 Å². The van der Waals surface area contributed by atoms with Crippen LogP contribution in [0, 0.1) is 5.92 Å². The van der Waals surface area contributed by atoms with Gasteiger partial charge in [0.1, 0.15) is 0 Å². The van der Waals surface area contributed by atoms with Gasteiger partial charge in [0, 0.05) is 29.2 Å². The van der Waals surface area contributed by atoms with E-state index in [1.165, 1.54) is 11.8 Å². The van der Waals surface area contributed by atoms with Gasteiger partial charge in [-0.15, -0.1) is 0 Å². The van der Waals surface area contributed by atoms with Crippen molar-refractivity contribution in [2.45, 2.75) is 45.6 Å². The molecule has 0 N–H and O–H groups in total. The number of amides is 1. The average Bonchev–Trinajstić information content (AvgIpc) is 3.23. The number of hydrogen-bond donors (Lipinski definition) is 0. The normalized spacial score (nSPS) is 16.3. The Morgan fingerprint density at radius 1 is 1.03 bits per heavy atom. The van der Waals surface area contributed by atoms with Crippen LogP contribution in [0.2, 0.25) is 5.02 Å². The Morgan fingerprint density at radius 3 is 2.32 bits per heavy atom. The van der Waals surface area contributed by atoms with Crippen LogP contribution in [-0.2, 0) is 19.1 Å². The van der Waals surface area contributed by atoms with E-state index in [1.807, 2.05) is 0 Å². The van der Waals surface area contributed by atoms with Crippen LogP contribution < -0.4 is 4.90 Å². The fourth-order valence-electron chi connectivity index (χ4n) is 3.67. The molecule has 0 bridgehead atoms. The highest BCUT2D eigenvalue weighted by Crippen LogP contribution is 2.27. The van der Waals surface area contributed by atoms with Crippen LogP contribution >= 0.6 is 11.6 Å². The van der Waals surface area contributed by atoms with Crippen molar-refractivity contribution in [3.05, 3.63) is 64.7 Å². The van der Waals surface area contributed by atoms with Crippen LogP contribution in [0.4, 0.5) is 5.69 Å². The number of halogens is 1. The second-order valence-electron chi connectivity index (χ2n) is 8.25. The molecule has 1 aliphatic rings. The highest BCUT2D eigenvalue weighted by molar-refractivity contribution is 6.30. The lowest BCUT2D eigenvalue weighted by atomic mass is 10.1. The molecule has 1 saturated heterocycles. The van der Waals surface area contributed by atoms with Crippen molar-refractivity contribution in [2.24, 2.45) is 5.92 Å². The minimum Gasteiger partial charge on any atom is -0.462 e. The van der Waals surface area contributed by atoms with E-state index in [0.29, 0.717) is 28.4 Å². The number of esters is 2. The number of rotatable bonds is 10. The number of unbranched alkanes of at least 4 members (excludes halogenated alkanes) is 2. The van der Waals surface area contributed by atoms with Gasteiger partial charge in [0.2, 0.25) is 11.7 Å². The third-order valence-electron chi connectivity index (χ3n) is 5.64. The van der Waals surface area contributed by atoms with Crippen molar-refractivity contribution in [1.29, 1.82) is 0 Å². The quantitative estimate of drug-likeness (QED) is 0.271. The Bertz CT molecular complexity index is 1030. The molecule has 1 heterocycles. The number of ketones is 1. The summed E-state index contributed by atoms with van der Waals surface area (Å²) in [6.07, 6.45) is 1.87. The number of anilines is 1. The molecule has 2 atom stereocenters. The molecule has 8 heteroatoms. The van der Waals surface area contributed by atoms with Crippen LogP contribution in [-0.4, -0.2) is 42.9 Å². The van der Waals surface area contributed by atoms with E-state index in [9.17, 15) is 19.2 Å². The molecule has 0 spiro atoms. The molecule has 1 amide bonds. The standard InChI is InChI=1S/C26H28ClNO6/c1-3-4-5-14-33-25(31)19-8-12-22(13-9-19)28-16-20(15-23(28)29)26(32)34-17(2)24(30)18-6-10-21(27)11-7-18/h6-13,17,20H,3-5,14-16H2,1-2H3/t17-,20-/m0/s1. The van der Waals surface area contributed by atoms with Crippen molar-refractivity contribution in [2.75, 3.05) is 18.1 Å². The van der Waals surface area contributed by atoms with Crippen molar-refractivity contribution in [3.8, 4) is 0 Å². The maximum atomic E-state index is 12.6. The summed E-state index contributed by atoms with van der Waals surface area (Å²) in [6.45, 7) is 4.09. The van der Waals surface area contributed by atoms with Gasteiger partial charge in [-0.05, 0) is 61.9 Å². The van der Waals surface area contributed by atoms with Gasteiger partial charge >= 0.3 is 11.9 Å². The van der Waals surface area contributed by atoms with Crippen LogP contribution in [0.3, 0.4) is 0 Å². The highest BCUT2D eigenvalue weighted by Gasteiger charge is 2.37. The molecule has 0 aliphatic carbocycles. The summed E-state index contributed by atoms with van der Waals surface area (Å²) in [6, 6.07) is 12.8. The molecule has 0 saturated carbocycles. The first-order valence-electron chi connectivity index (χ1n) is 11.4. The molecular formula is C26H28ClNO6. The van der Waals surface area contributed by atoms with E-state index in [4.69, 9.17) is 21.1 Å². The highest BCUT2D eigenvalue weighted by atomic mass is 35.5. The van der Waals surface area contributed by atoms with Crippen LogP contribution in [0.25, 0.3) is 0 Å². The minimum atomic E-state index is -0.986. The summed E-state index contributed by atoms with van der Waals surface area (Å²) in [5, 5.41) is 0.502. The first-order valence-corrected chi connectivity index (χ1v) is 11.8. The third-order valence-corrected chi connectivity index (χ3v) is 5.90. The van der Waals surface area contributed by atoms with E-state index in [-0.39, 0.29) is 24.7 Å². The van der Waals surface area contributed by atoms with E-state index in [2.05, 4.69) is 6.92 Å². The Balaban J connectivity index is 1.55. The molecule has 1 aliphatic heterocycles. The summed E-state index contributed by atoms with van der Waals surface area (Å²) < 4.78 is 10.6. The summed E-state index contributed by atoms with van der Waals surface area (Å²) in [5.74, 6) is -2.26. The van der Waals surface area contributed by atoms with Crippen molar-refractivity contribution < 1.29 is 28.7 Å². The van der Waals surface area contributed by atoms with E-state index >= 15 is 0 Å². The molecule has 0 unspecified atom stereocenters. The van der Waals surface area contributed by atoms with Crippen LogP contribution in [0.1, 0.15) is 60.2 Å². The van der Waals surface area contributed by atoms with Gasteiger partial charge in [0.25, 0.3) is 0 Å². The molecule has 0 aromatic heterocycles. The molecule has 34 heavy (non-hydrogen) atoms. The smallest absolute Gasteiger partial charge is 0.338 e. The number of hydrogen-bond acceptors (Lipinski definition) is 6. The lowest BCUT2D eigenvalue weighted by molar-refractivity contribution is -0.151. The second kappa shape index (κ2) is 11.8. The Kier molecular flexibility index (Phi) is 8.82. The zero-order valence-electron chi connectivity index (χ0n) is 19.3. The van der Waals surface area contributed by atoms with Gasteiger partial charge in [0.15, 0.2) is 6.10 Å². The topological polar surface area (TPSA) is 90.0 Å². The van der Waals surface area contributed by atoms with E-state index < -0.39 is 24.0 Å². The Morgan fingerprint density at radius 2 is 1.68 bits per heavy atom. The molecular weight excluding hydrogens is 458 g/mol. The molecule has 1 fully saturated rings. The van der Waals surface area contributed by atoms with Gasteiger partial charge in [-0.2, -0.15) is 0 Å². The summed E-state index contributed by atoms with van der Waals surface area (Å²) in [7, 11) is 0. The van der Waals surface area contributed by atoms with Gasteiger partial charge < -0.3 is 14.4 Å². The zero-order chi connectivity index (χ0) is 24.7. The number of Topliss-reactive ketones (excluding diaryl/α,β-unsaturated/α-hetero) is 1.